The smallest absolute Gasteiger partial charge is 0.387 e. The number of carbonyl (C=O) groups excluding carboxylic acids is 1. The van der Waals surface area contributed by atoms with Gasteiger partial charge >= 0.3 is 6.61 Å². The Morgan fingerprint density at radius 3 is 2.53 bits per heavy atom. The summed E-state index contributed by atoms with van der Waals surface area (Å²) in [6.45, 7) is -1.36. The highest BCUT2D eigenvalue weighted by Gasteiger charge is 2.45. The van der Waals surface area contributed by atoms with Crippen molar-refractivity contribution in [3.63, 3.8) is 0 Å². The second-order valence-corrected chi connectivity index (χ2v) is 7.85. The fourth-order valence-electron chi connectivity index (χ4n) is 3.58. The van der Waals surface area contributed by atoms with Gasteiger partial charge in [0, 0.05) is 24.2 Å². The fourth-order valence-corrected chi connectivity index (χ4v) is 3.58. The second-order valence-electron chi connectivity index (χ2n) is 7.85. The van der Waals surface area contributed by atoms with Crippen LogP contribution in [0.2, 0.25) is 0 Å². The molecule has 1 atom stereocenters. The number of hydrogen-bond donors (Lipinski definition) is 1. The number of pyridine rings is 1. The number of carbonyl (C=O) groups is 1. The standard InChI is InChI=1S/C24H18F2N6O2/c1-14(20-21(30-7-6-29-20)19-3-2-15(11-27)12-31-19)32-22(33)16-8-17(24(13-28)4-5-24)10-18(9-16)34-23(25)26/h2-3,6-10,12,14,23H,4-5H2,1H3,(H,32,33). The minimum atomic E-state index is -3.07. The van der Waals surface area contributed by atoms with Crippen LogP contribution in [0, 0.1) is 22.7 Å². The van der Waals surface area contributed by atoms with Gasteiger partial charge < -0.3 is 10.1 Å². The van der Waals surface area contributed by atoms with Gasteiger partial charge in [-0.1, -0.05) is 0 Å². The molecule has 1 amide bonds. The third-order valence-corrected chi connectivity index (χ3v) is 5.53. The van der Waals surface area contributed by atoms with Gasteiger partial charge in [0.25, 0.3) is 5.91 Å². The van der Waals surface area contributed by atoms with Crippen LogP contribution in [-0.2, 0) is 5.41 Å². The highest BCUT2D eigenvalue weighted by molar-refractivity contribution is 5.95. The third kappa shape index (κ3) is 4.66. The van der Waals surface area contributed by atoms with Crippen molar-refractivity contribution in [1.82, 2.24) is 20.3 Å². The summed E-state index contributed by atoms with van der Waals surface area (Å²) in [5, 5.41) is 21.3. The van der Waals surface area contributed by atoms with Gasteiger partial charge in [0.05, 0.1) is 34.5 Å². The number of nitriles is 2. The number of alkyl halides is 2. The molecule has 10 heteroatoms. The number of ether oxygens (including phenoxy) is 1. The van der Waals surface area contributed by atoms with E-state index in [0.717, 1.165) is 0 Å². The summed E-state index contributed by atoms with van der Waals surface area (Å²) < 4.78 is 30.2. The molecule has 4 rings (SSSR count). The van der Waals surface area contributed by atoms with Crippen LogP contribution in [0.1, 0.15) is 53.0 Å². The molecular formula is C24H18F2N6O2. The van der Waals surface area contributed by atoms with Gasteiger partial charge in [0.2, 0.25) is 0 Å². The van der Waals surface area contributed by atoms with E-state index < -0.39 is 24.0 Å². The van der Waals surface area contributed by atoms with Crippen molar-refractivity contribution in [3.05, 3.63) is 71.3 Å². The first kappa shape index (κ1) is 22.7. The molecule has 0 aliphatic heterocycles. The maximum absolute atomic E-state index is 13.0. The van der Waals surface area contributed by atoms with Crippen LogP contribution in [0.5, 0.6) is 5.75 Å². The number of nitrogens with zero attached hydrogens (tertiary/aromatic N) is 5. The van der Waals surface area contributed by atoms with Crippen LogP contribution < -0.4 is 10.1 Å². The molecule has 0 radical (unpaired) electrons. The summed E-state index contributed by atoms with van der Waals surface area (Å²) in [6, 6.07) is 10.9. The molecule has 0 spiro atoms. The zero-order valence-corrected chi connectivity index (χ0v) is 18.0. The number of halogens is 2. The molecule has 3 aromatic rings. The number of benzene rings is 1. The van der Waals surface area contributed by atoms with E-state index in [1.54, 1.807) is 19.1 Å². The van der Waals surface area contributed by atoms with Gasteiger partial charge in [-0.25, -0.2) is 0 Å². The van der Waals surface area contributed by atoms with E-state index in [1.165, 1.54) is 36.8 Å². The number of hydrogen-bond acceptors (Lipinski definition) is 7. The molecule has 2 aromatic heterocycles. The summed E-state index contributed by atoms with van der Waals surface area (Å²) in [5.41, 5.74) is 1.49. The lowest BCUT2D eigenvalue weighted by Gasteiger charge is -2.17. The van der Waals surface area contributed by atoms with Crippen molar-refractivity contribution in [3.8, 4) is 29.3 Å². The van der Waals surface area contributed by atoms with Gasteiger partial charge in [-0.05, 0) is 55.7 Å². The summed E-state index contributed by atoms with van der Waals surface area (Å²) in [7, 11) is 0. The van der Waals surface area contributed by atoms with E-state index in [1.807, 2.05) is 6.07 Å². The molecule has 1 aliphatic rings. The Labute approximate surface area is 193 Å². The van der Waals surface area contributed by atoms with E-state index >= 15 is 0 Å². The Balaban J connectivity index is 1.62. The van der Waals surface area contributed by atoms with E-state index in [2.05, 4.69) is 31.1 Å². The molecule has 34 heavy (non-hydrogen) atoms. The molecule has 1 aliphatic carbocycles. The van der Waals surface area contributed by atoms with Crippen LogP contribution in [-0.4, -0.2) is 27.5 Å². The third-order valence-electron chi connectivity index (χ3n) is 5.53. The minimum absolute atomic E-state index is 0.0865. The highest BCUT2D eigenvalue weighted by Crippen LogP contribution is 2.48. The van der Waals surface area contributed by atoms with Gasteiger partial charge in [-0.15, -0.1) is 0 Å². The quantitative estimate of drug-likeness (QED) is 0.564. The SMILES string of the molecule is CC(NC(=O)c1cc(OC(F)F)cc(C2(C#N)CC2)c1)c1nccnc1-c1ccc(C#N)cn1. The predicted octanol–water partition coefficient (Wildman–Crippen LogP) is 4.06. The highest BCUT2D eigenvalue weighted by atomic mass is 19.3. The van der Waals surface area contributed by atoms with Crippen molar-refractivity contribution in [2.45, 2.75) is 37.8 Å². The Morgan fingerprint density at radius 2 is 1.91 bits per heavy atom. The van der Waals surface area contributed by atoms with Crippen LogP contribution in [0.15, 0.2) is 48.9 Å². The Kier molecular flexibility index (Phi) is 6.15. The zero-order chi connectivity index (χ0) is 24.3. The molecule has 8 nitrogen and oxygen atoms in total. The summed E-state index contributed by atoms with van der Waals surface area (Å²) in [5.74, 6) is -0.736. The first-order valence-corrected chi connectivity index (χ1v) is 10.3. The van der Waals surface area contributed by atoms with E-state index in [9.17, 15) is 18.8 Å². The summed E-state index contributed by atoms with van der Waals surface area (Å²) >= 11 is 0. The molecular weight excluding hydrogens is 442 g/mol. The van der Waals surface area contributed by atoms with Crippen LogP contribution in [0.4, 0.5) is 8.78 Å². The Bertz CT molecular complexity index is 1310. The van der Waals surface area contributed by atoms with E-state index in [4.69, 9.17) is 5.26 Å². The molecule has 1 saturated carbocycles. The predicted molar refractivity (Wildman–Crippen MR) is 115 cm³/mol. The number of aromatic nitrogens is 3. The number of nitrogens with one attached hydrogen (secondary N) is 1. The average Bonchev–Trinajstić information content (AvgIpc) is 3.65. The van der Waals surface area contributed by atoms with Crippen molar-refractivity contribution < 1.29 is 18.3 Å². The second kappa shape index (κ2) is 9.20. The average molecular weight is 460 g/mol. The normalized spacial score (nSPS) is 14.5. The van der Waals surface area contributed by atoms with Gasteiger partial charge in [-0.2, -0.15) is 19.3 Å². The van der Waals surface area contributed by atoms with E-state index in [-0.39, 0.29) is 11.3 Å². The maximum atomic E-state index is 13.0. The van der Waals surface area contributed by atoms with Crippen molar-refractivity contribution >= 4 is 5.91 Å². The van der Waals surface area contributed by atoms with Crippen LogP contribution in [0.25, 0.3) is 11.4 Å². The monoisotopic (exact) mass is 460 g/mol. The first-order valence-electron chi connectivity index (χ1n) is 10.3. The molecule has 1 aromatic carbocycles. The lowest BCUT2D eigenvalue weighted by atomic mass is 9.95. The molecule has 0 bridgehead atoms. The van der Waals surface area contributed by atoms with Crippen LogP contribution in [0.3, 0.4) is 0 Å². The largest absolute Gasteiger partial charge is 0.435 e. The molecule has 170 valence electrons. The first-order chi connectivity index (χ1) is 16.3. The number of rotatable bonds is 7. The molecule has 0 saturated heterocycles. The molecule has 1 fully saturated rings. The Morgan fingerprint density at radius 1 is 1.15 bits per heavy atom. The maximum Gasteiger partial charge on any atom is 0.387 e. The summed E-state index contributed by atoms with van der Waals surface area (Å²) in [4.78, 5) is 25.9. The van der Waals surface area contributed by atoms with Crippen molar-refractivity contribution in [2.24, 2.45) is 0 Å². The molecule has 1 unspecified atom stereocenters. The Hall–Kier alpha value is -4.44. The van der Waals surface area contributed by atoms with E-state index in [0.29, 0.717) is 41.1 Å². The summed E-state index contributed by atoms with van der Waals surface area (Å²) in [6.07, 6.45) is 5.54. The van der Waals surface area contributed by atoms with Crippen LogP contribution >= 0.6 is 0 Å². The fraction of sp³-hybridized carbons (Fsp3) is 0.250. The lowest BCUT2D eigenvalue weighted by Crippen LogP contribution is -2.28. The van der Waals surface area contributed by atoms with Gasteiger partial charge in [-0.3, -0.25) is 19.7 Å². The topological polar surface area (TPSA) is 125 Å². The molecule has 2 heterocycles. The molecule has 1 N–H and O–H groups in total. The van der Waals surface area contributed by atoms with Gasteiger partial charge in [0.15, 0.2) is 0 Å². The van der Waals surface area contributed by atoms with Crippen molar-refractivity contribution in [2.75, 3.05) is 0 Å². The minimum Gasteiger partial charge on any atom is -0.435 e. The zero-order valence-electron chi connectivity index (χ0n) is 18.0. The number of amides is 1. The van der Waals surface area contributed by atoms with Gasteiger partial charge in [0.1, 0.15) is 17.5 Å². The lowest BCUT2D eigenvalue weighted by molar-refractivity contribution is -0.0499. The van der Waals surface area contributed by atoms with Crippen molar-refractivity contribution in [1.29, 1.82) is 10.5 Å².